The number of hydrogen-bond donors (Lipinski definition) is 1. The number of ether oxygens (including phenoxy) is 1. The molecule has 2 atom stereocenters. The summed E-state index contributed by atoms with van der Waals surface area (Å²) >= 11 is 0. The van der Waals surface area contributed by atoms with Gasteiger partial charge in [0, 0.05) is 11.7 Å². The maximum atomic E-state index is 6.31. The van der Waals surface area contributed by atoms with E-state index in [-0.39, 0.29) is 12.1 Å². The molecular formula is C17H20N2O. The Morgan fingerprint density at radius 2 is 2.10 bits per heavy atom. The molecule has 0 aliphatic carbocycles. The molecular weight excluding hydrogens is 248 g/mol. The van der Waals surface area contributed by atoms with Crippen molar-refractivity contribution in [3.05, 3.63) is 65.0 Å². The van der Waals surface area contributed by atoms with Gasteiger partial charge in [-0.25, -0.2) is 0 Å². The van der Waals surface area contributed by atoms with Gasteiger partial charge in [-0.3, -0.25) is 4.98 Å². The lowest BCUT2D eigenvalue weighted by atomic mass is 9.93. The van der Waals surface area contributed by atoms with E-state index in [9.17, 15) is 0 Å². The smallest absolute Gasteiger partial charge is 0.0846 e. The summed E-state index contributed by atoms with van der Waals surface area (Å²) in [6.07, 6.45) is 1.84. The van der Waals surface area contributed by atoms with Crippen LogP contribution in [0, 0.1) is 6.92 Å². The minimum atomic E-state index is -0.0916. The number of hydrogen-bond acceptors (Lipinski definition) is 3. The van der Waals surface area contributed by atoms with Gasteiger partial charge >= 0.3 is 0 Å². The molecule has 1 aliphatic heterocycles. The first kappa shape index (κ1) is 13.3. The Hall–Kier alpha value is -1.71. The Bertz CT molecular complexity index is 597. The zero-order valence-corrected chi connectivity index (χ0v) is 11.8. The third-order valence-corrected chi connectivity index (χ3v) is 3.85. The normalized spacial score (nSPS) is 19.4. The van der Waals surface area contributed by atoms with Gasteiger partial charge in [0.15, 0.2) is 0 Å². The molecule has 0 saturated heterocycles. The quantitative estimate of drug-likeness (QED) is 0.930. The Balaban J connectivity index is 1.79. The first-order valence-electron chi connectivity index (χ1n) is 7.12. The monoisotopic (exact) mass is 268 g/mol. The third kappa shape index (κ3) is 2.74. The highest BCUT2D eigenvalue weighted by Gasteiger charge is 2.23. The topological polar surface area (TPSA) is 48.1 Å². The van der Waals surface area contributed by atoms with Crippen LogP contribution >= 0.6 is 0 Å². The minimum absolute atomic E-state index is 0.0808. The molecule has 1 aromatic carbocycles. The number of aromatic nitrogens is 1. The number of aryl methyl sites for hydroxylation is 1. The van der Waals surface area contributed by atoms with E-state index in [1.165, 1.54) is 11.1 Å². The van der Waals surface area contributed by atoms with Crippen LogP contribution in [-0.4, -0.2) is 11.6 Å². The summed E-state index contributed by atoms with van der Waals surface area (Å²) in [5, 5.41) is 0. The second kappa shape index (κ2) is 5.73. The standard InChI is InChI=1S/C17H20N2O/c1-12-5-4-8-16(19-12)15(18)11-17-14-7-3-2-6-13(14)9-10-20-17/h2-8,15,17H,9-11,18H2,1H3. The fraction of sp³-hybridized carbons (Fsp3) is 0.353. The molecule has 0 amide bonds. The highest BCUT2D eigenvalue weighted by atomic mass is 16.5. The van der Waals surface area contributed by atoms with Gasteiger partial charge in [-0.1, -0.05) is 30.3 Å². The van der Waals surface area contributed by atoms with Gasteiger partial charge in [0.2, 0.25) is 0 Å². The van der Waals surface area contributed by atoms with Crippen LogP contribution in [0.4, 0.5) is 0 Å². The van der Waals surface area contributed by atoms with E-state index >= 15 is 0 Å². The average molecular weight is 268 g/mol. The summed E-state index contributed by atoms with van der Waals surface area (Å²) in [4.78, 5) is 4.51. The molecule has 2 unspecified atom stereocenters. The van der Waals surface area contributed by atoms with Gasteiger partial charge < -0.3 is 10.5 Å². The zero-order valence-electron chi connectivity index (χ0n) is 11.8. The van der Waals surface area contributed by atoms with Gasteiger partial charge in [-0.2, -0.15) is 0 Å². The van der Waals surface area contributed by atoms with Gasteiger partial charge in [-0.15, -0.1) is 0 Å². The number of nitrogens with zero attached hydrogens (tertiary/aromatic N) is 1. The second-order valence-electron chi connectivity index (χ2n) is 5.35. The number of nitrogens with two attached hydrogens (primary N) is 1. The molecule has 2 aromatic rings. The van der Waals surface area contributed by atoms with Crippen LogP contribution in [0.15, 0.2) is 42.5 Å². The maximum Gasteiger partial charge on any atom is 0.0846 e. The third-order valence-electron chi connectivity index (χ3n) is 3.85. The van der Waals surface area contributed by atoms with Gasteiger partial charge in [0.25, 0.3) is 0 Å². The fourth-order valence-corrected chi connectivity index (χ4v) is 2.79. The molecule has 1 aliphatic rings. The van der Waals surface area contributed by atoms with Gasteiger partial charge in [0.05, 0.1) is 18.4 Å². The highest BCUT2D eigenvalue weighted by Crippen LogP contribution is 2.33. The Kier molecular flexibility index (Phi) is 3.81. The molecule has 104 valence electrons. The van der Waals surface area contributed by atoms with E-state index in [0.29, 0.717) is 0 Å². The van der Waals surface area contributed by atoms with E-state index in [1.807, 2.05) is 25.1 Å². The molecule has 2 N–H and O–H groups in total. The van der Waals surface area contributed by atoms with Crippen LogP contribution in [0.1, 0.15) is 41.1 Å². The molecule has 3 rings (SSSR count). The summed E-state index contributed by atoms with van der Waals surface area (Å²) in [5.74, 6) is 0. The molecule has 0 radical (unpaired) electrons. The molecule has 3 heteroatoms. The van der Waals surface area contributed by atoms with Crippen LogP contribution in [0.2, 0.25) is 0 Å². The Morgan fingerprint density at radius 3 is 2.95 bits per heavy atom. The summed E-state index contributed by atoms with van der Waals surface area (Å²) in [7, 11) is 0. The predicted molar refractivity (Wildman–Crippen MR) is 79.4 cm³/mol. The molecule has 0 bridgehead atoms. The van der Waals surface area contributed by atoms with E-state index < -0.39 is 0 Å². The second-order valence-corrected chi connectivity index (χ2v) is 5.35. The Labute approximate surface area is 119 Å². The number of fused-ring (bicyclic) bond motifs is 1. The SMILES string of the molecule is Cc1cccc(C(N)CC2OCCc3ccccc32)n1. The van der Waals surface area contributed by atoms with E-state index in [0.717, 1.165) is 30.8 Å². The van der Waals surface area contributed by atoms with Crippen LogP contribution in [0.3, 0.4) is 0 Å². The van der Waals surface area contributed by atoms with Crippen molar-refractivity contribution in [1.82, 2.24) is 4.98 Å². The molecule has 20 heavy (non-hydrogen) atoms. The first-order chi connectivity index (χ1) is 9.74. The van der Waals surface area contributed by atoms with Gasteiger partial charge in [0.1, 0.15) is 0 Å². The van der Waals surface area contributed by atoms with E-state index in [2.05, 4.69) is 29.2 Å². The highest BCUT2D eigenvalue weighted by molar-refractivity contribution is 5.31. The molecule has 0 saturated carbocycles. The van der Waals surface area contributed by atoms with Crippen molar-refractivity contribution in [1.29, 1.82) is 0 Å². The van der Waals surface area contributed by atoms with E-state index in [4.69, 9.17) is 10.5 Å². The average Bonchev–Trinajstić information content (AvgIpc) is 2.47. The van der Waals surface area contributed by atoms with Crippen molar-refractivity contribution in [3.63, 3.8) is 0 Å². The maximum absolute atomic E-state index is 6.31. The van der Waals surface area contributed by atoms with Crippen molar-refractivity contribution in [2.45, 2.75) is 31.9 Å². The van der Waals surface area contributed by atoms with Crippen molar-refractivity contribution < 1.29 is 4.74 Å². The lowest BCUT2D eigenvalue weighted by Crippen LogP contribution is -2.22. The van der Waals surface area contributed by atoms with Crippen molar-refractivity contribution in [3.8, 4) is 0 Å². The fourth-order valence-electron chi connectivity index (χ4n) is 2.79. The van der Waals surface area contributed by atoms with Crippen molar-refractivity contribution in [2.24, 2.45) is 5.73 Å². The molecule has 3 nitrogen and oxygen atoms in total. The number of rotatable bonds is 3. The minimum Gasteiger partial charge on any atom is -0.373 e. The molecule has 0 fully saturated rings. The van der Waals surface area contributed by atoms with E-state index in [1.54, 1.807) is 0 Å². The van der Waals surface area contributed by atoms with Crippen LogP contribution in [-0.2, 0) is 11.2 Å². The summed E-state index contributed by atoms with van der Waals surface area (Å²) in [5.41, 5.74) is 10.9. The summed E-state index contributed by atoms with van der Waals surface area (Å²) in [6, 6.07) is 14.4. The van der Waals surface area contributed by atoms with Crippen molar-refractivity contribution in [2.75, 3.05) is 6.61 Å². The lowest BCUT2D eigenvalue weighted by Gasteiger charge is -2.28. The lowest BCUT2D eigenvalue weighted by molar-refractivity contribution is 0.0317. The first-order valence-corrected chi connectivity index (χ1v) is 7.12. The zero-order chi connectivity index (χ0) is 13.9. The van der Waals surface area contributed by atoms with Crippen molar-refractivity contribution >= 4 is 0 Å². The summed E-state index contributed by atoms with van der Waals surface area (Å²) < 4.78 is 5.92. The number of benzene rings is 1. The van der Waals surface area contributed by atoms with Crippen LogP contribution in [0.5, 0.6) is 0 Å². The molecule has 2 heterocycles. The van der Waals surface area contributed by atoms with Crippen LogP contribution < -0.4 is 5.73 Å². The summed E-state index contributed by atoms with van der Waals surface area (Å²) in [6.45, 7) is 2.76. The van der Waals surface area contributed by atoms with Gasteiger partial charge in [-0.05, 0) is 43.0 Å². The molecule has 1 aromatic heterocycles. The largest absolute Gasteiger partial charge is 0.373 e. The molecule has 0 spiro atoms. The van der Waals surface area contributed by atoms with Crippen LogP contribution in [0.25, 0.3) is 0 Å². The number of pyridine rings is 1. The predicted octanol–water partition coefficient (Wildman–Crippen LogP) is 3.09. The Morgan fingerprint density at radius 1 is 1.25 bits per heavy atom.